The van der Waals surface area contributed by atoms with Crippen LogP contribution in [0, 0.1) is 0 Å². The highest BCUT2D eigenvalue weighted by Gasteiger charge is 2.15. The number of nitrogens with one attached hydrogen (secondary N) is 1. The summed E-state index contributed by atoms with van der Waals surface area (Å²) in [6.45, 7) is 5.51. The third-order valence-corrected chi connectivity index (χ3v) is 5.97. The van der Waals surface area contributed by atoms with Crippen LogP contribution in [0.25, 0.3) is 10.1 Å². The molecule has 0 fully saturated rings. The number of benzene rings is 1. The number of rotatable bonds is 9. The van der Waals surface area contributed by atoms with E-state index in [1.165, 1.54) is 58.6 Å². The Morgan fingerprint density at radius 3 is 2.71 bits per heavy atom. The molecular formula is C18H26BrNS. The number of fused-ring (bicyclic) bond motifs is 1. The third-order valence-electron chi connectivity index (χ3n) is 4.00. The van der Waals surface area contributed by atoms with E-state index in [9.17, 15) is 0 Å². The van der Waals surface area contributed by atoms with Crippen LogP contribution in [0.1, 0.15) is 64.0 Å². The van der Waals surface area contributed by atoms with Crippen molar-refractivity contribution in [2.75, 3.05) is 6.54 Å². The first kappa shape index (κ1) is 17.0. The first-order valence-corrected chi connectivity index (χ1v) is 9.84. The molecule has 0 saturated carbocycles. The maximum atomic E-state index is 3.68. The van der Waals surface area contributed by atoms with Gasteiger partial charge in [-0.15, -0.1) is 11.3 Å². The van der Waals surface area contributed by atoms with Gasteiger partial charge >= 0.3 is 0 Å². The summed E-state index contributed by atoms with van der Waals surface area (Å²) in [5, 5.41) is 7.43. The Morgan fingerprint density at radius 2 is 1.95 bits per heavy atom. The second-order valence-corrected chi connectivity index (χ2v) is 7.35. The zero-order valence-corrected chi connectivity index (χ0v) is 15.5. The zero-order valence-electron chi connectivity index (χ0n) is 13.1. The molecule has 1 N–H and O–H groups in total. The lowest BCUT2D eigenvalue weighted by atomic mass is 9.99. The van der Waals surface area contributed by atoms with Crippen LogP contribution in [0.4, 0.5) is 0 Å². The standard InChI is InChI=1S/C18H26BrNS/c1-3-5-6-7-8-12-17(20-4-2)15-13-21-18-14(15)10-9-11-16(18)19/h9-11,13,17,20H,3-8,12H2,1-2H3. The molecule has 2 rings (SSSR count). The minimum atomic E-state index is 0.500. The molecule has 1 nitrogen and oxygen atoms in total. The minimum absolute atomic E-state index is 0.500. The van der Waals surface area contributed by atoms with Gasteiger partial charge in [0.2, 0.25) is 0 Å². The van der Waals surface area contributed by atoms with Crippen molar-refractivity contribution < 1.29 is 0 Å². The predicted molar refractivity (Wildman–Crippen MR) is 99.3 cm³/mol. The SMILES string of the molecule is CCCCCCCC(NCC)c1csc2c(Br)cccc12. The summed E-state index contributed by atoms with van der Waals surface area (Å²) in [6, 6.07) is 7.04. The van der Waals surface area contributed by atoms with Gasteiger partial charge in [-0.05, 0) is 51.3 Å². The molecule has 1 atom stereocenters. The Hall–Kier alpha value is -0.380. The first-order valence-electron chi connectivity index (χ1n) is 8.16. The van der Waals surface area contributed by atoms with Crippen molar-refractivity contribution in [3.8, 4) is 0 Å². The van der Waals surface area contributed by atoms with Gasteiger partial charge in [-0.3, -0.25) is 0 Å². The lowest BCUT2D eigenvalue weighted by molar-refractivity contribution is 0.482. The molecule has 0 aliphatic heterocycles. The van der Waals surface area contributed by atoms with Gasteiger partial charge in [0.05, 0.1) is 0 Å². The second-order valence-electron chi connectivity index (χ2n) is 5.62. The van der Waals surface area contributed by atoms with E-state index in [2.05, 4.69) is 58.7 Å². The Balaban J connectivity index is 2.07. The highest BCUT2D eigenvalue weighted by atomic mass is 79.9. The fourth-order valence-electron chi connectivity index (χ4n) is 2.88. The quantitative estimate of drug-likeness (QED) is 0.487. The molecule has 1 aromatic carbocycles. The molecule has 116 valence electrons. The van der Waals surface area contributed by atoms with E-state index in [0.29, 0.717) is 6.04 Å². The summed E-state index contributed by atoms with van der Waals surface area (Å²) >= 11 is 5.52. The maximum absolute atomic E-state index is 3.68. The van der Waals surface area contributed by atoms with Crippen LogP contribution >= 0.6 is 27.3 Å². The lowest BCUT2D eigenvalue weighted by Crippen LogP contribution is -2.20. The Morgan fingerprint density at radius 1 is 1.14 bits per heavy atom. The van der Waals surface area contributed by atoms with Gasteiger partial charge in [0, 0.05) is 15.2 Å². The average molecular weight is 368 g/mol. The molecule has 1 unspecified atom stereocenters. The molecule has 0 radical (unpaired) electrons. The molecule has 0 spiro atoms. The summed E-state index contributed by atoms with van der Waals surface area (Å²) < 4.78 is 2.59. The average Bonchev–Trinajstić information content (AvgIpc) is 2.91. The predicted octanol–water partition coefficient (Wildman–Crippen LogP) is 6.67. The number of thiophene rings is 1. The van der Waals surface area contributed by atoms with Crippen LogP contribution < -0.4 is 5.32 Å². The number of hydrogen-bond acceptors (Lipinski definition) is 2. The van der Waals surface area contributed by atoms with Crippen LogP contribution in [-0.4, -0.2) is 6.54 Å². The Kier molecular flexibility index (Phi) is 7.21. The van der Waals surface area contributed by atoms with Gasteiger partial charge in [-0.1, -0.05) is 58.1 Å². The third kappa shape index (κ3) is 4.54. The normalized spacial score (nSPS) is 12.9. The van der Waals surface area contributed by atoms with Gasteiger partial charge in [-0.25, -0.2) is 0 Å². The summed E-state index contributed by atoms with van der Waals surface area (Å²) in [5.41, 5.74) is 1.48. The molecule has 0 bridgehead atoms. The van der Waals surface area contributed by atoms with E-state index in [0.717, 1.165) is 6.54 Å². The van der Waals surface area contributed by atoms with Crippen molar-refractivity contribution in [1.82, 2.24) is 5.32 Å². The van der Waals surface area contributed by atoms with Crippen LogP contribution in [0.3, 0.4) is 0 Å². The molecule has 0 aliphatic rings. The second kappa shape index (κ2) is 8.92. The van der Waals surface area contributed by atoms with Crippen molar-refractivity contribution in [1.29, 1.82) is 0 Å². The van der Waals surface area contributed by atoms with E-state index < -0.39 is 0 Å². The number of hydrogen-bond donors (Lipinski definition) is 1. The van der Waals surface area contributed by atoms with Gasteiger partial charge in [0.25, 0.3) is 0 Å². The smallest absolute Gasteiger partial charge is 0.0488 e. The van der Waals surface area contributed by atoms with Gasteiger partial charge in [0.1, 0.15) is 0 Å². The van der Waals surface area contributed by atoms with E-state index in [-0.39, 0.29) is 0 Å². The molecular weight excluding hydrogens is 342 g/mol. The summed E-state index contributed by atoms with van der Waals surface area (Å²) in [4.78, 5) is 0. The topological polar surface area (TPSA) is 12.0 Å². The number of halogens is 1. The zero-order chi connectivity index (χ0) is 15.1. The van der Waals surface area contributed by atoms with Crippen LogP contribution in [0.15, 0.2) is 28.1 Å². The molecule has 1 aromatic heterocycles. The highest BCUT2D eigenvalue weighted by molar-refractivity contribution is 9.10. The van der Waals surface area contributed by atoms with E-state index in [1.54, 1.807) is 0 Å². The van der Waals surface area contributed by atoms with E-state index in [4.69, 9.17) is 0 Å². The molecule has 2 aromatic rings. The van der Waals surface area contributed by atoms with Crippen molar-refractivity contribution in [2.45, 2.75) is 58.4 Å². The van der Waals surface area contributed by atoms with Gasteiger partial charge < -0.3 is 5.32 Å². The highest BCUT2D eigenvalue weighted by Crippen LogP contribution is 2.36. The van der Waals surface area contributed by atoms with Crippen LogP contribution in [-0.2, 0) is 0 Å². The Labute approximate surface area is 141 Å². The monoisotopic (exact) mass is 367 g/mol. The lowest BCUT2D eigenvalue weighted by Gasteiger charge is -2.17. The molecule has 0 amide bonds. The van der Waals surface area contributed by atoms with Crippen LogP contribution in [0.5, 0.6) is 0 Å². The first-order chi connectivity index (χ1) is 10.3. The molecule has 0 aliphatic carbocycles. The number of unbranched alkanes of at least 4 members (excludes halogenated alkanes) is 4. The molecule has 3 heteroatoms. The Bertz CT molecular complexity index is 549. The van der Waals surface area contributed by atoms with Gasteiger partial charge in [0.15, 0.2) is 0 Å². The summed E-state index contributed by atoms with van der Waals surface area (Å²) in [6.07, 6.45) is 8.01. The maximum Gasteiger partial charge on any atom is 0.0488 e. The van der Waals surface area contributed by atoms with Crippen molar-refractivity contribution in [3.05, 3.63) is 33.6 Å². The fraction of sp³-hybridized carbons (Fsp3) is 0.556. The fourth-order valence-corrected chi connectivity index (χ4v) is 4.55. The largest absolute Gasteiger partial charge is 0.310 e. The van der Waals surface area contributed by atoms with E-state index >= 15 is 0 Å². The minimum Gasteiger partial charge on any atom is -0.310 e. The van der Waals surface area contributed by atoms with Gasteiger partial charge in [-0.2, -0.15) is 0 Å². The van der Waals surface area contributed by atoms with E-state index in [1.807, 2.05) is 11.3 Å². The molecule has 0 saturated heterocycles. The molecule has 1 heterocycles. The van der Waals surface area contributed by atoms with Crippen molar-refractivity contribution in [3.63, 3.8) is 0 Å². The summed E-state index contributed by atoms with van der Waals surface area (Å²) in [7, 11) is 0. The van der Waals surface area contributed by atoms with Crippen LogP contribution in [0.2, 0.25) is 0 Å². The van der Waals surface area contributed by atoms with Crippen molar-refractivity contribution >= 4 is 37.4 Å². The summed E-state index contributed by atoms with van der Waals surface area (Å²) in [5.74, 6) is 0. The molecule has 21 heavy (non-hydrogen) atoms. The van der Waals surface area contributed by atoms with Crippen molar-refractivity contribution in [2.24, 2.45) is 0 Å².